The minimum atomic E-state index is -0.429. The molecule has 2 aliphatic carbocycles. The summed E-state index contributed by atoms with van der Waals surface area (Å²) in [5.41, 5.74) is 1.75. The van der Waals surface area contributed by atoms with E-state index in [1.165, 1.54) is 37.8 Å². The summed E-state index contributed by atoms with van der Waals surface area (Å²) in [6.07, 6.45) is 7.03. The van der Waals surface area contributed by atoms with Crippen molar-refractivity contribution in [3.05, 3.63) is 0 Å². The fraction of sp³-hybridized carbons (Fsp3) is 0.944. The molecule has 3 atom stereocenters. The van der Waals surface area contributed by atoms with Gasteiger partial charge in [0.1, 0.15) is 12.7 Å². The molecule has 1 heterocycles. The molecule has 0 amide bonds. The minimum absolute atomic E-state index is 0.190. The summed E-state index contributed by atoms with van der Waals surface area (Å²) in [4.78, 5) is 7.88. The van der Waals surface area contributed by atoms with Crippen molar-refractivity contribution in [3.63, 3.8) is 0 Å². The number of hydrogen-bond donors (Lipinski definition) is 1. The molecule has 1 saturated heterocycles. The Labute approximate surface area is 134 Å². The Morgan fingerprint density at radius 1 is 1.27 bits per heavy atom. The largest absolute Gasteiger partial charge is 0.393 e. The lowest BCUT2D eigenvalue weighted by atomic mass is 9.70. The van der Waals surface area contributed by atoms with Crippen molar-refractivity contribution >= 4 is 5.71 Å². The summed E-state index contributed by atoms with van der Waals surface area (Å²) >= 11 is 0. The van der Waals surface area contributed by atoms with Gasteiger partial charge in [0.15, 0.2) is 0 Å². The zero-order chi connectivity index (χ0) is 15.8. The average Bonchev–Trinajstić information content (AvgIpc) is 2.81. The Morgan fingerprint density at radius 3 is 2.59 bits per heavy atom. The van der Waals surface area contributed by atoms with E-state index in [1.807, 2.05) is 0 Å². The molecule has 1 aliphatic heterocycles. The Hall–Kier alpha value is -0.610. The van der Waals surface area contributed by atoms with Crippen LogP contribution in [0, 0.1) is 16.7 Å². The molecule has 0 aromatic rings. The third kappa shape index (κ3) is 2.80. The van der Waals surface area contributed by atoms with E-state index in [0.717, 1.165) is 32.0 Å². The molecule has 1 N–H and O–H groups in total. The van der Waals surface area contributed by atoms with Gasteiger partial charge in [-0.25, -0.2) is 0 Å². The van der Waals surface area contributed by atoms with Crippen molar-refractivity contribution in [2.75, 3.05) is 26.2 Å². The molecule has 0 radical (unpaired) electrons. The number of aliphatic hydroxyl groups excluding tert-OH is 1. The van der Waals surface area contributed by atoms with Crippen molar-refractivity contribution in [2.45, 2.75) is 65.4 Å². The number of β-amino-alcohol motifs (C(OH)–C–C–N with tert-alkyl or cyclic N) is 1. The molecule has 126 valence electrons. The number of oxime groups is 1. The molecule has 3 rings (SSSR count). The van der Waals surface area contributed by atoms with Gasteiger partial charge in [-0.2, -0.15) is 0 Å². The van der Waals surface area contributed by atoms with Crippen LogP contribution in [0.25, 0.3) is 0 Å². The molecule has 22 heavy (non-hydrogen) atoms. The topological polar surface area (TPSA) is 45.1 Å². The second-order valence-electron chi connectivity index (χ2n) is 8.34. The summed E-state index contributed by atoms with van der Waals surface area (Å²) in [5, 5.41) is 14.6. The van der Waals surface area contributed by atoms with Crippen LogP contribution < -0.4 is 0 Å². The predicted molar refractivity (Wildman–Crippen MR) is 88.9 cm³/mol. The van der Waals surface area contributed by atoms with Gasteiger partial charge < -0.3 is 14.8 Å². The van der Waals surface area contributed by atoms with Gasteiger partial charge in [0.2, 0.25) is 0 Å². The van der Waals surface area contributed by atoms with Gasteiger partial charge in [0.25, 0.3) is 0 Å². The van der Waals surface area contributed by atoms with Gasteiger partial charge in [0.05, 0.1) is 5.71 Å². The lowest BCUT2D eigenvalue weighted by Gasteiger charge is -2.34. The molecule has 2 bridgehead atoms. The maximum absolute atomic E-state index is 10.1. The van der Waals surface area contributed by atoms with Crippen LogP contribution in [0.15, 0.2) is 5.16 Å². The average molecular weight is 308 g/mol. The van der Waals surface area contributed by atoms with Crippen LogP contribution >= 0.6 is 0 Å². The maximum Gasteiger partial charge on any atom is 0.144 e. The van der Waals surface area contributed by atoms with Gasteiger partial charge in [0, 0.05) is 12.0 Å². The fourth-order valence-electron chi connectivity index (χ4n) is 4.76. The summed E-state index contributed by atoms with van der Waals surface area (Å²) in [6, 6.07) is 0. The summed E-state index contributed by atoms with van der Waals surface area (Å²) < 4.78 is 0. The summed E-state index contributed by atoms with van der Waals surface area (Å²) in [5.74, 6) is 0.748. The van der Waals surface area contributed by atoms with E-state index in [0.29, 0.717) is 12.0 Å². The number of fused-ring (bicyclic) bond motifs is 2. The highest BCUT2D eigenvalue weighted by Crippen LogP contribution is 2.63. The first-order chi connectivity index (χ1) is 10.4. The number of nitrogens with zero attached hydrogens (tertiary/aromatic N) is 2. The molecule has 3 fully saturated rings. The first-order valence-electron chi connectivity index (χ1n) is 9.03. The first kappa shape index (κ1) is 16.3. The predicted octanol–water partition coefficient (Wildman–Crippen LogP) is 3.05. The van der Waals surface area contributed by atoms with Crippen LogP contribution in [0.3, 0.4) is 0 Å². The first-order valence-corrected chi connectivity index (χ1v) is 9.03. The van der Waals surface area contributed by atoms with Crippen molar-refractivity contribution in [2.24, 2.45) is 21.9 Å². The van der Waals surface area contributed by atoms with E-state index >= 15 is 0 Å². The Morgan fingerprint density at radius 2 is 2.00 bits per heavy atom. The normalized spacial score (nSPS) is 37.6. The molecule has 4 nitrogen and oxygen atoms in total. The third-order valence-electron chi connectivity index (χ3n) is 6.87. The van der Waals surface area contributed by atoms with Crippen molar-refractivity contribution < 1.29 is 9.94 Å². The fourth-order valence-corrected chi connectivity index (χ4v) is 4.76. The standard InChI is InChI=1S/C18H32N2O2/c1-17(2)14-7-8-18(17,3)16(11-14)19-22-13-15(21)12-20-9-5-4-6-10-20/h14-15,21H,4-13H2,1-3H3/b19-16+/t14-,15?,18+/m0/s1. The quantitative estimate of drug-likeness (QED) is 0.794. The second kappa shape index (κ2) is 6.12. The number of aliphatic hydroxyl groups is 1. The van der Waals surface area contributed by atoms with E-state index in [9.17, 15) is 5.11 Å². The van der Waals surface area contributed by atoms with Crippen molar-refractivity contribution in [3.8, 4) is 0 Å². The lowest BCUT2D eigenvalue weighted by Crippen LogP contribution is -2.38. The van der Waals surface area contributed by atoms with Crippen LogP contribution in [-0.2, 0) is 4.84 Å². The lowest BCUT2D eigenvalue weighted by molar-refractivity contribution is 0.0144. The smallest absolute Gasteiger partial charge is 0.144 e. The monoisotopic (exact) mass is 308 g/mol. The van der Waals surface area contributed by atoms with Crippen LogP contribution in [-0.4, -0.2) is 48.1 Å². The highest BCUT2D eigenvalue weighted by Gasteiger charge is 2.60. The van der Waals surface area contributed by atoms with Gasteiger partial charge >= 0.3 is 0 Å². The molecule has 0 spiro atoms. The van der Waals surface area contributed by atoms with Gasteiger partial charge in [-0.15, -0.1) is 0 Å². The van der Waals surface area contributed by atoms with E-state index in [2.05, 4.69) is 30.8 Å². The third-order valence-corrected chi connectivity index (χ3v) is 6.87. The van der Waals surface area contributed by atoms with Crippen molar-refractivity contribution in [1.82, 2.24) is 4.90 Å². The zero-order valence-electron chi connectivity index (χ0n) is 14.5. The maximum atomic E-state index is 10.1. The Kier molecular flexibility index (Phi) is 4.52. The second-order valence-corrected chi connectivity index (χ2v) is 8.34. The highest BCUT2D eigenvalue weighted by atomic mass is 16.6. The molecule has 3 aliphatic rings. The van der Waals surface area contributed by atoms with Gasteiger partial charge in [-0.3, -0.25) is 0 Å². The highest BCUT2D eigenvalue weighted by molar-refractivity contribution is 5.93. The summed E-state index contributed by atoms with van der Waals surface area (Å²) in [6.45, 7) is 10.3. The zero-order valence-corrected chi connectivity index (χ0v) is 14.5. The molecule has 1 unspecified atom stereocenters. The molecule has 2 saturated carbocycles. The van der Waals surface area contributed by atoms with Crippen LogP contribution in [0.1, 0.15) is 59.3 Å². The van der Waals surface area contributed by atoms with Crippen molar-refractivity contribution in [1.29, 1.82) is 0 Å². The Balaban J connectivity index is 1.48. The number of likely N-dealkylation sites (tertiary alicyclic amines) is 1. The SMILES string of the molecule is CC1(C)[C@H]2CC[C@]1(C)/C(=N/OCC(O)CN1CCCCC1)C2. The molecular formula is C18H32N2O2. The van der Waals surface area contributed by atoms with E-state index < -0.39 is 6.10 Å². The molecule has 4 heteroatoms. The minimum Gasteiger partial charge on any atom is -0.393 e. The molecular weight excluding hydrogens is 276 g/mol. The van der Waals surface area contributed by atoms with Crippen LogP contribution in [0.5, 0.6) is 0 Å². The van der Waals surface area contributed by atoms with Gasteiger partial charge in [-0.05, 0) is 56.5 Å². The Bertz CT molecular complexity index is 429. The number of rotatable bonds is 5. The molecule has 0 aromatic carbocycles. The van der Waals surface area contributed by atoms with E-state index in [4.69, 9.17) is 4.84 Å². The van der Waals surface area contributed by atoms with Gasteiger partial charge in [-0.1, -0.05) is 32.3 Å². The number of piperidine rings is 1. The van der Waals surface area contributed by atoms with Crippen LogP contribution in [0.4, 0.5) is 0 Å². The number of hydrogen-bond acceptors (Lipinski definition) is 4. The van der Waals surface area contributed by atoms with E-state index in [-0.39, 0.29) is 5.41 Å². The molecule has 0 aromatic heterocycles. The van der Waals surface area contributed by atoms with Crippen LogP contribution in [0.2, 0.25) is 0 Å². The summed E-state index contributed by atoms with van der Waals surface area (Å²) in [7, 11) is 0. The van der Waals surface area contributed by atoms with E-state index in [1.54, 1.807) is 0 Å².